The number of phenolic OH excluding ortho intramolecular Hbond substituents is 1. The summed E-state index contributed by atoms with van der Waals surface area (Å²) in [6.07, 6.45) is 3.80. The summed E-state index contributed by atoms with van der Waals surface area (Å²) >= 11 is 6.19. The third-order valence-electron chi connectivity index (χ3n) is 6.71. The number of benzene rings is 1. The van der Waals surface area contributed by atoms with Gasteiger partial charge >= 0.3 is 0 Å². The van der Waals surface area contributed by atoms with E-state index >= 15 is 0 Å². The molecule has 0 aromatic heterocycles. The van der Waals surface area contributed by atoms with Gasteiger partial charge in [0.05, 0.1) is 11.8 Å². The van der Waals surface area contributed by atoms with E-state index in [1.807, 2.05) is 6.08 Å². The molecule has 6 nitrogen and oxygen atoms in total. The Bertz CT molecular complexity index is 1160. The van der Waals surface area contributed by atoms with E-state index in [0.717, 1.165) is 5.57 Å². The fourth-order valence-electron chi connectivity index (χ4n) is 5.40. The Labute approximate surface area is 177 Å². The van der Waals surface area contributed by atoms with Crippen molar-refractivity contribution in [1.29, 1.82) is 0 Å². The maximum absolute atomic E-state index is 13.0. The minimum Gasteiger partial charge on any atom is -0.508 e. The largest absolute Gasteiger partial charge is 0.508 e. The van der Waals surface area contributed by atoms with Crippen molar-refractivity contribution in [2.24, 2.45) is 17.8 Å². The number of imide groups is 1. The Morgan fingerprint density at radius 3 is 2.63 bits per heavy atom. The number of phenols is 1. The second kappa shape index (κ2) is 6.51. The molecule has 1 heterocycles. The standard InChI is InChI=1S/C23H18ClNO5/c1-9-6-17(27)20-15(21(9)28)8-13-11(3-4-12-19(13)23(30)25-22(12)29)18(20)14-7-10(24)2-5-16(14)26/h2-3,5-7,12-13,18-19,26H,4,8H2,1H3,(H,25,29,30). The topological polar surface area (TPSA) is 101 Å². The maximum atomic E-state index is 13.0. The van der Waals surface area contributed by atoms with Gasteiger partial charge in [0.15, 0.2) is 11.6 Å². The molecule has 0 saturated carbocycles. The molecule has 7 heteroatoms. The van der Waals surface area contributed by atoms with Crippen molar-refractivity contribution in [2.75, 3.05) is 0 Å². The van der Waals surface area contributed by atoms with Gasteiger partial charge in [0.25, 0.3) is 0 Å². The van der Waals surface area contributed by atoms with Crippen molar-refractivity contribution < 1.29 is 24.3 Å². The molecule has 0 radical (unpaired) electrons. The molecule has 1 aromatic carbocycles. The maximum Gasteiger partial charge on any atom is 0.231 e. The number of carbonyl (C=O) groups is 4. The lowest BCUT2D eigenvalue weighted by molar-refractivity contribution is -0.126. The van der Waals surface area contributed by atoms with Crippen molar-refractivity contribution in [3.8, 4) is 5.75 Å². The van der Waals surface area contributed by atoms with Crippen LogP contribution in [0.3, 0.4) is 0 Å². The number of Topliss-reactive ketones (excluding diaryl/α,β-unsaturated/α-hetero) is 1. The SMILES string of the molecule is CC1=CC(=O)C2=C(CC3C(=CCC4C(=O)NC(=O)C43)C2c2cc(Cl)ccc2O)C1=O. The normalized spacial score (nSPS) is 30.3. The molecule has 2 amide bonds. The molecule has 30 heavy (non-hydrogen) atoms. The second-order valence-electron chi connectivity index (χ2n) is 8.29. The van der Waals surface area contributed by atoms with E-state index in [-0.39, 0.29) is 35.6 Å². The summed E-state index contributed by atoms with van der Waals surface area (Å²) in [5.74, 6) is -3.37. The lowest BCUT2D eigenvalue weighted by Gasteiger charge is -2.42. The highest BCUT2D eigenvalue weighted by atomic mass is 35.5. The van der Waals surface area contributed by atoms with E-state index in [0.29, 0.717) is 33.7 Å². The third kappa shape index (κ3) is 2.56. The van der Waals surface area contributed by atoms with Crippen molar-refractivity contribution in [1.82, 2.24) is 5.32 Å². The number of hydrogen-bond donors (Lipinski definition) is 2. The number of ketones is 2. The van der Waals surface area contributed by atoms with Gasteiger partial charge in [-0.15, -0.1) is 0 Å². The van der Waals surface area contributed by atoms with E-state index in [9.17, 15) is 24.3 Å². The first-order valence-electron chi connectivity index (χ1n) is 9.81. The lowest BCUT2D eigenvalue weighted by Crippen LogP contribution is -2.39. The van der Waals surface area contributed by atoms with E-state index in [1.54, 1.807) is 19.1 Å². The van der Waals surface area contributed by atoms with Gasteiger partial charge in [0.2, 0.25) is 11.8 Å². The molecule has 1 aliphatic heterocycles. The summed E-state index contributed by atoms with van der Waals surface area (Å²) < 4.78 is 0. The molecule has 1 saturated heterocycles. The fourth-order valence-corrected chi connectivity index (χ4v) is 5.59. The van der Waals surface area contributed by atoms with Crippen molar-refractivity contribution >= 4 is 35.0 Å². The molecule has 0 bridgehead atoms. The molecule has 0 spiro atoms. The number of fused-ring (bicyclic) bond motifs is 3. The highest BCUT2D eigenvalue weighted by Crippen LogP contribution is 2.55. The third-order valence-corrected chi connectivity index (χ3v) is 6.94. The van der Waals surface area contributed by atoms with Crippen LogP contribution in [0.5, 0.6) is 5.75 Å². The first kappa shape index (κ1) is 19.0. The summed E-state index contributed by atoms with van der Waals surface area (Å²) in [7, 11) is 0. The van der Waals surface area contributed by atoms with Gasteiger partial charge in [0, 0.05) is 33.2 Å². The number of halogens is 1. The number of carbonyl (C=O) groups excluding carboxylic acids is 4. The van der Waals surface area contributed by atoms with Crippen LogP contribution < -0.4 is 5.32 Å². The molecule has 5 rings (SSSR count). The number of allylic oxidation sites excluding steroid dienone is 6. The number of nitrogens with one attached hydrogen (secondary N) is 1. The lowest BCUT2D eigenvalue weighted by atomic mass is 9.59. The van der Waals surface area contributed by atoms with Gasteiger partial charge in [-0.3, -0.25) is 24.5 Å². The Morgan fingerprint density at radius 2 is 1.87 bits per heavy atom. The van der Waals surface area contributed by atoms with Gasteiger partial charge in [-0.1, -0.05) is 23.3 Å². The number of hydrogen-bond acceptors (Lipinski definition) is 5. The fraction of sp³-hybridized carbons (Fsp3) is 0.304. The molecule has 1 fully saturated rings. The summed E-state index contributed by atoms with van der Waals surface area (Å²) in [5.41, 5.74) is 2.24. The number of amides is 2. The minimum atomic E-state index is -0.692. The molecule has 3 aliphatic carbocycles. The predicted octanol–water partition coefficient (Wildman–Crippen LogP) is 2.76. The summed E-state index contributed by atoms with van der Waals surface area (Å²) in [6, 6.07) is 4.59. The highest BCUT2D eigenvalue weighted by Gasteiger charge is 2.53. The zero-order valence-electron chi connectivity index (χ0n) is 16.1. The highest BCUT2D eigenvalue weighted by molar-refractivity contribution is 6.30. The zero-order chi connectivity index (χ0) is 21.3. The van der Waals surface area contributed by atoms with Gasteiger partial charge < -0.3 is 5.11 Å². The van der Waals surface area contributed by atoms with Crippen LogP contribution in [0.15, 0.2) is 52.6 Å². The van der Waals surface area contributed by atoms with E-state index in [4.69, 9.17) is 11.6 Å². The second-order valence-corrected chi connectivity index (χ2v) is 8.72. The van der Waals surface area contributed by atoms with Gasteiger partial charge in [-0.2, -0.15) is 0 Å². The Hall–Kier alpha value is -2.99. The Kier molecular flexibility index (Phi) is 4.12. The van der Waals surface area contributed by atoms with E-state index < -0.39 is 23.7 Å². The summed E-state index contributed by atoms with van der Waals surface area (Å²) in [5, 5.41) is 13.4. The van der Waals surface area contributed by atoms with E-state index in [2.05, 4.69) is 5.32 Å². The van der Waals surface area contributed by atoms with Crippen LogP contribution in [0, 0.1) is 17.8 Å². The molecule has 4 aliphatic rings. The monoisotopic (exact) mass is 423 g/mol. The number of aromatic hydroxyl groups is 1. The molecule has 152 valence electrons. The van der Waals surface area contributed by atoms with Crippen LogP contribution in [-0.4, -0.2) is 28.5 Å². The smallest absolute Gasteiger partial charge is 0.231 e. The Balaban J connectivity index is 1.75. The van der Waals surface area contributed by atoms with Crippen LogP contribution in [0.1, 0.15) is 31.2 Å². The minimum absolute atomic E-state index is 0.0432. The first-order chi connectivity index (χ1) is 14.3. The zero-order valence-corrected chi connectivity index (χ0v) is 16.8. The first-order valence-corrected chi connectivity index (χ1v) is 10.2. The average Bonchev–Trinajstić information content (AvgIpc) is 3.00. The van der Waals surface area contributed by atoms with Crippen LogP contribution >= 0.6 is 11.6 Å². The van der Waals surface area contributed by atoms with Gasteiger partial charge in [-0.05, 0) is 50.0 Å². The quantitative estimate of drug-likeness (QED) is 0.411. The van der Waals surface area contributed by atoms with Crippen LogP contribution in [-0.2, 0) is 19.2 Å². The van der Waals surface area contributed by atoms with Crippen molar-refractivity contribution in [3.63, 3.8) is 0 Å². The average molecular weight is 424 g/mol. The van der Waals surface area contributed by atoms with Crippen LogP contribution in [0.25, 0.3) is 0 Å². The molecule has 4 atom stereocenters. The van der Waals surface area contributed by atoms with Gasteiger partial charge in [0.1, 0.15) is 5.75 Å². The van der Waals surface area contributed by atoms with Crippen LogP contribution in [0.4, 0.5) is 0 Å². The van der Waals surface area contributed by atoms with Crippen LogP contribution in [0.2, 0.25) is 5.02 Å². The molecular weight excluding hydrogens is 406 g/mol. The Morgan fingerprint density at radius 1 is 1.10 bits per heavy atom. The van der Waals surface area contributed by atoms with Gasteiger partial charge in [-0.25, -0.2) is 0 Å². The molecule has 4 unspecified atom stereocenters. The van der Waals surface area contributed by atoms with Crippen molar-refractivity contribution in [2.45, 2.75) is 25.7 Å². The molecule has 2 N–H and O–H groups in total. The predicted molar refractivity (Wildman–Crippen MR) is 108 cm³/mol. The van der Waals surface area contributed by atoms with E-state index in [1.165, 1.54) is 12.1 Å². The molecule has 1 aromatic rings. The summed E-state index contributed by atoms with van der Waals surface area (Å²) in [6.45, 7) is 1.59. The summed E-state index contributed by atoms with van der Waals surface area (Å²) in [4.78, 5) is 50.8. The number of rotatable bonds is 1. The molecular formula is C23H18ClNO5. The van der Waals surface area contributed by atoms with Crippen molar-refractivity contribution in [3.05, 3.63) is 63.2 Å².